The van der Waals surface area contributed by atoms with Crippen LogP contribution in [0.5, 0.6) is 5.75 Å². The molecule has 11 unspecified atom stereocenters. The van der Waals surface area contributed by atoms with E-state index < -0.39 is 18.0 Å². The van der Waals surface area contributed by atoms with Crippen molar-refractivity contribution in [1.29, 1.82) is 0 Å². The van der Waals surface area contributed by atoms with Gasteiger partial charge in [0.15, 0.2) is 0 Å². The number of benzene rings is 1. The lowest BCUT2D eigenvalue weighted by molar-refractivity contribution is -0.207. The van der Waals surface area contributed by atoms with Crippen LogP contribution in [0.2, 0.25) is 5.02 Å². The summed E-state index contributed by atoms with van der Waals surface area (Å²) in [5, 5.41) is 36.4. The van der Waals surface area contributed by atoms with Crippen LogP contribution in [0.25, 0.3) is 0 Å². The van der Waals surface area contributed by atoms with E-state index in [0.29, 0.717) is 24.5 Å². The zero-order valence-corrected chi connectivity index (χ0v) is 26.0. The molecule has 4 aliphatic rings. The summed E-state index contributed by atoms with van der Waals surface area (Å²) in [5.41, 5.74) is -0.219. The Morgan fingerprint density at radius 3 is 2.54 bits per heavy atom. The maximum atomic E-state index is 14.6. The van der Waals surface area contributed by atoms with Gasteiger partial charge in [-0.2, -0.15) is 0 Å². The third-order valence-electron chi connectivity index (χ3n) is 12.0. The van der Waals surface area contributed by atoms with E-state index in [1.54, 1.807) is 0 Å². The van der Waals surface area contributed by atoms with E-state index in [4.69, 9.17) is 16.3 Å². The average Bonchev–Trinajstić information content (AvgIpc) is 3.25. The van der Waals surface area contributed by atoms with E-state index in [9.17, 15) is 24.5 Å². The van der Waals surface area contributed by atoms with Gasteiger partial charge in [-0.1, -0.05) is 32.4 Å². The first-order valence-electron chi connectivity index (χ1n) is 15.7. The summed E-state index contributed by atoms with van der Waals surface area (Å²) in [7, 11) is 0. The largest absolute Gasteiger partial charge is 0.489 e. The van der Waals surface area contributed by atoms with Crippen LogP contribution in [-0.2, 0) is 4.79 Å². The molecule has 0 aromatic heterocycles. The molecule has 5 rings (SSSR count). The van der Waals surface area contributed by atoms with Gasteiger partial charge >= 0.3 is 0 Å². The first kappa shape index (κ1) is 31.0. The van der Waals surface area contributed by atoms with Crippen molar-refractivity contribution in [2.24, 2.45) is 46.3 Å². The van der Waals surface area contributed by atoms with Gasteiger partial charge in [-0.3, -0.25) is 4.79 Å². The van der Waals surface area contributed by atoms with Crippen molar-refractivity contribution < 1.29 is 29.2 Å². The Morgan fingerprint density at radius 2 is 1.83 bits per heavy atom. The molecule has 4 saturated carbocycles. The minimum Gasteiger partial charge on any atom is -0.489 e. The molecular formula is C33H49ClFNO5. The minimum absolute atomic E-state index is 0.0459. The van der Waals surface area contributed by atoms with Gasteiger partial charge in [-0.15, -0.1) is 0 Å². The molecule has 0 aliphatic heterocycles. The van der Waals surface area contributed by atoms with Crippen LogP contribution < -0.4 is 10.1 Å². The number of ether oxygens (including phenoxy) is 1. The maximum Gasteiger partial charge on any atom is 0.224 e. The summed E-state index contributed by atoms with van der Waals surface area (Å²) in [6.07, 6.45) is 5.48. The molecule has 0 spiro atoms. The Kier molecular flexibility index (Phi) is 8.77. The molecular weight excluding hydrogens is 545 g/mol. The summed E-state index contributed by atoms with van der Waals surface area (Å²) in [4.78, 5) is 12.9. The topological polar surface area (TPSA) is 99.0 Å². The van der Waals surface area contributed by atoms with E-state index in [2.05, 4.69) is 26.1 Å². The zero-order chi connectivity index (χ0) is 29.9. The highest BCUT2D eigenvalue weighted by molar-refractivity contribution is 6.32. The number of halogens is 2. The molecule has 8 heteroatoms. The third kappa shape index (κ3) is 5.54. The molecule has 230 valence electrons. The van der Waals surface area contributed by atoms with Crippen LogP contribution in [0, 0.1) is 52.2 Å². The number of aliphatic hydroxyl groups is 3. The number of amides is 1. The van der Waals surface area contributed by atoms with E-state index >= 15 is 0 Å². The van der Waals surface area contributed by atoms with E-state index in [-0.39, 0.29) is 75.7 Å². The van der Waals surface area contributed by atoms with Gasteiger partial charge in [0.05, 0.1) is 35.1 Å². The predicted octanol–water partition coefficient (Wildman–Crippen LogP) is 6.58. The molecule has 0 radical (unpaired) electrons. The van der Waals surface area contributed by atoms with Crippen molar-refractivity contribution in [3.8, 4) is 5.75 Å². The van der Waals surface area contributed by atoms with Gasteiger partial charge in [-0.05, 0) is 118 Å². The van der Waals surface area contributed by atoms with Gasteiger partial charge in [0.1, 0.15) is 11.6 Å². The van der Waals surface area contributed by atoms with Crippen molar-refractivity contribution in [2.75, 3.05) is 5.32 Å². The van der Waals surface area contributed by atoms with Crippen molar-refractivity contribution in [2.45, 2.75) is 117 Å². The lowest BCUT2D eigenvalue weighted by Crippen LogP contribution is -2.62. The predicted molar refractivity (Wildman–Crippen MR) is 158 cm³/mol. The van der Waals surface area contributed by atoms with Crippen LogP contribution in [0.1, 0.15) is 92.4 Å². The molecule has 4 aliphatic carbocycles. The number of hydrogen-bond donors (Lipinski definition) is 4. The highest BCUT2D eigenvalue weighted by atomic mass is 35.5. The third-order valence-corrected chi connectivity index (χ3v) is 12.3. The number of carbonyl (C=O) groups is 1. The van der Waals surface area contributed by atoms with Gasteiger partial charge in [0.25, 0.3) is 0 Å². The number of anilines is 1. The second-order valence-electron chi connectivity index (χ2n) is 14.5. The molecule has 4 N–H and O–H groups in total. The number of rotatable bonds is 7. The number of nitrogens with one attached hydrogen (secondary N) is 1. The fourth-order valence-electron chi connectivity index (χ4n) is 9.87. The normalized spacial score (nSPS) is 40.9. The van der Waals surface area contributed by atoms with Crippen molar-refractivity contribution in [3.05, 3.63) is 23.0 Å². The Labute approximate surface area is 249 Å². The number of fused-ring (bicyclic) bond motifs is 5. The average molecular weight is 594 g/mol. The number of aliphatic hydroxyl groups excluding tert-OH is 3. The number of carbonyl (C=O) groups excluding carboxylic acids is 1. The fourth-order valence-corrected chi connectivity index (χ4v) is 10.1. The summed E-state index contributed by atoms with van der Waals surface area (Å²) in [6, 6.07) is 2.59. The highest BCUT2D eigenvalue weighted by Gasteiger charge is 2.65. The van der Waals surface area contributed by atoms with Crippen LogP contribution >= 0.6 is 11.6 Å². The van der Waals surface area contributed by atoms with Gasteiger partial charge < -0.3 is 25.4 Å². The second-order valence-corrected chi connectivity index (χ2v) is 14.9. The quantitative estimate of drug-likeness (QED) is 0.286. The molecule has 11 atom stereocenters. The van der Waals surface area contributed by atoms with Gasteiger partial charge in [-0.25, -0.2) is 4.39 Å². The van der Waals surface area contributed by atoms with Crippen LogP contribution in [0.4, 0.5) is 10.1 Å². The Hall–Kier alpha value is -1.41. The maximum absolute atomic E-state index is 14.6. The summed E-state index contributed by atoms with van der Waals surface area (Å²) in [6.45, 7) is 10.4. The van der Waals surface area contributed by atoms with Gasteiger partial charge in [0, 0.05) is 12.5 Å². The summed E-state index contributed by atoms with van der Waals surface area (Å²) >= 11 is 6.11. The molecule has 4 fully saturated rings. The van der Waals surface area contributed by atoms with Crippen molar-refractivity contribution in [3.63, 3.8) is 0 Å². The Morgan fingerprint density at radius 1 is 1.10 bits per heavy atom. The Balaban J connectivity index is 1.25. The zero-order valence-electron chi connectivity index (χ0n) is 25.2. The Bertz CT molecular complexity index is 1130. The highest BCUT2D eigenvalue weighted by Crippen LogP contribution is 2.68. The SMILES string of the molecule is CC(C)Oc1cc(NC(=O)CCC(C)C2CCC3C4C(O)CC5CC(O)CCC5(C)C4CC(O)C23C)c(F)cc1Cl. The first-order valence-corrected chi connectivity index (χ1v) is 16.1. The van der Waals surface area contributed by atoms with Crippen LogP contribution in [0.15, 0.2) is 12.1 Å². The molecule has 1 amide bonds. The fraction of sp³-hybridized carbons (Fsp3) is 0.788. The van der Waals surface area contributed by atoms with Crippen LogP contribution in [0.3, 0.4) is 0 Å². The van der Waals surface area contributed by atoms with E-state index in [0.717, 1.165) is 44.6 Å². The van der Waals surface area contributed by atoms with Crippen molar-refractivity contribution >= 4 is 23.2 Å². The lowest BCUT2D eigenvalue weighted by Gasteiger charge is -2.63. The first-order chi connectivity index (χ1) is 19.2. The summed E-state index contributed by atoms with van der Waals surface area (Å²) < 4.78 is 20.2. The molecule has 1 aromatic carbocycles. The lowest BCUT2D eigenvalue weighted by atomic mass is 9.43. The molecule has 1 aromatic rings. The molecule has 0 saturated heterocycles. The van der Waals surface area contributed by atoms with E-state index in [1.807, 2.05) is 13.8 Å². The minimum atomic E-state index is -0.604. The summed E-state index contributed by atoms with van der Waals surface area (Å²) in [5.74, 6) is 0.839. The molecule has 41 heavy (non-hydrogen) atoms. The molecule has 6 nitrogen and oxygen atoms in total. The van der Waals surface area contributed by atoms with Gasteiger partial charge in [0.2, 0.25) is 5.91 Å². The smallest absolute Gasteiger partial charge is 0.224 e. The molecule has 0 bridgehead atoms. The number of hydrogen-bond acceptors (Lipinski definition) is 5. The second kappa shape index (κ2) is 11.6. The standard InChI is InChI=1S/C33H49ClFNO5/c1-17(2)41-28-16-26(25(35)15-24(28)34)36-30(40)9-6-18(3)21-7-8-22-31-23(14-29(39)33(21,22)5)32(4)11-10-20(37)12-19(32)13-27(31)38/h15-23,27,29,31,37-39H,6-14H2,1-5H3,(H,36,40). The molecule has 0 heterocycles. The van der Waals surface area contributed by atoms with Crippen molar-refractivity contribution in [1.82, 2.24) is 0 Å². The monoisotopic (exact) mass is 593 g/mol. The van der Waals surface area contributed by atoms with Crippen LogP contribution in [-0.4, -0.2) is 45.6 Å². The van der Waals surface area contributed by atoms with E-state index in [1.165, 1.54) is 6.07 Å².